The van der Waals surface area contributed by atoms with Crippen molar-refractivity contribution in [3.63, 3.8) is 0 Å². The van der Waals surface area contributed by atoms with Crippen molar-refractivity contribution in [2.45, 2.75) is 116 Å². The summed E-state index contributed by atoms with van der Waals surface area (Å²) in [6.45, 7) is 15.4. The fourth-order valence-corrected chi connectivity index (χ4v) is 7.32. The molecule has 2 saturated heterocycles. The fourth-order valence-electron chi connectivity index (χ4n) is 7.32. The molecule has 52 heavy (non-hydrogen) atoms. The number of carbonyl (C=O) groups is 2. The Bertz CT molecular complexity index is 2090. The number of amides is 2. The minimum atomic E-state index is -0.565. The van der Waals surface area contributed by atoms with E-state index in [0.29, 0.717) is 0 Å². The highest BCUT2D eigenvalue weighted by Gasteiger charge is 2.40. The van der Waals surface area contributed by atoms with Crippen LogP contribution < -0.4 is 0 Å². The molecule has 2 N–H and O–H groups in total. The van der Waals surface area contributed by atoms with Crippen LogP contribution in [0.5, 0.6) is 0 Å². The Morgan fingerprint density at radius 3 is 1.67 bits per heavy atom. The van der Waals surface area contributed by atoms with Crippen molar-refractivity contribution in [1.82, 2.24) is 34.7 Å². The summed E-state index contributed by atoms with van der Waals surface area (Å²) < 4.78 is 11.4. The van der Waals surface area contributed by atoms with E-state index in [1.807, 2.05) is 71.0 Å². The summed E-state index contributed by atoms with van der Waals surface area (Å²) in [4.78, 5) is 51.1. The molecule has 3 aromatic heterocycles. The lowest BCUT2D eigenvalue weighted by atomic mass is 10.0. The molecule has 5 aromatic rings. The molecule has 0 spiro atoms. The zero-order chi connectivity index (χ0) is 36.9. The number of hydrogen-bond acceptors (Lipinski definition) is 7. The number of fused-ring (bicyclic) bond motifs is 1. The zero-order valence-corrected chi connectivity index (χ0v) is 31.4. The van der Waals surface area contributed by atoms with E-state index in [9.17, 15) is 9.59 Å². The summed E-state index contributed by atoms with van der Waals surface area (Å²) in [6.07, 6.45) is 6.60. The van der Waals surface area contributed by atoms with Crippen molar-refractivity contribution in [2.24, 2.45) is 0 Å². The number of imidazole rings is 2. The minimum Gasteiger partial charge on any atom is -0.444 e. The highest BCUT2D eigenvalue weighted by molar-refractivity contribution is 5.86. The molecule has 5 heterocycles. The van der Waals surface area contributed by atoms with Crippen molar-refractivity contribution in [3.8, 4) is 33.8 Å². The molecule has 2 aliphatic rings. The van der Waals surface area contributed by atoms with Gasteiger partial charge in [0.15, 0.2) is 0 Å². The van der Waals surface area contributed by atoms with Gasteiger partial charge in [0.25, 0.3) is 0 Å². The van der Waals surface area contributed by atoms with Crippen molar-refractivity contribution in [1.29, 1.82) is 0 Å². The lowest BCUT2D eigenvalue weighted by Gasteiger charge is -2.30. The lowest BCUT2D eigenvalue weighted by Crippen LogP contribution is -2.40. The molecule has 4 atom stereocenters. The molecule has 2 aromatic carbocycles. The van der Waals surface area contributed by atoms with Gasteiger partial charge >= 0.3 is 12.2 Å². The molecule has 272 valence electrons. The third-order valence-electron chi connectivity index (χ3n) is 9.84. The van der Waals surface area contributed by atoms with Crippen LogP contribution in [0.4, 0.5) is 9.59 Å². The van der Waals surface area contributed by atoms with Crippen LogP contribution in [0.15, 0.2) is 67.0 Å². The SMILES string of the molecule is CC1CCC(c2nc(-c3ccc4cc(-c5ccc(-c6c[nH]c([C@@H]7CC[C@H](C)N7C(=O)OC(C)(C)C)n6)cc5)ccc4n3)c[nH]2)N1C(=O)OC(C)(C)C. The Morgan fingerprint density at radius 2 is 1.12 bits per heavy atom. The van der Waals surface area contributed by atoms with Crippen molar-refractivity contribution < 1.29 is 19.1 Å². The molecule has 2 aliphatic heterocycles. The van der Waals surface area contributed by atoms with Gasteiger partial charge in [0.2, 0.25) is 0 Å². The van der Waals surface area contributed by atoms with Crippen LogP contribution in [-0.4, -0.2) is 70.2 Å². The zero-order valence-electron chi connectivity index (χ0n) is 31.4. The normalized spacial score (nSPS) is 20.8. The van der Waals surface area contributed by atoms with Crippen LogP contribution in [0.2, 0.25) is 0 Å². The molecular formula is C41H49N7O4. The van der Waals surface area contributed by atoms with Gasteiger partial charge < -0.3 is 19.4 Å². The smallest absolute Gasteiger partial charge is 0.411 e. The van der Waals surface area contributed by atoms with E-state index in [1.54, 1.807) is 4.90 Å². The molecule has 2 amide bonds. The summed E-state index contributed by atoms with van der Waals surface area (Å²) in [5.74, 6) is 1.52. The topological polar surface area (TPSA) is 129 Å². The highest BCUT2D eigenvalue weighted by atomic mass is 16.6. The number of pyridine rings is 1. The molecule has 0 radical (unpaired) electrons. The standard InChI is InChI=1S/C41H49N7O4/c1-24-9-19-34(47(24)38(49)51-40(3,4)5)36-42-22-32(45-36)27-13-11-26(12-14-27)28-15-17-30-29(21-28)16-18-31(44-30)33-23-43-37(46-33)35-20-10-25(2)48(35)39(50)52-41(6,7)8/h11-18,21-25,34-35H,9-10,19-20H2,1-8H3,(H,42,45)(H,43,46)/t24-,25?,34-,35?/m0/s1. The number of aromatic nitrogens is 5. The second kappa shape index (κ2) is 13.4. The van der Waals surface area contributed by atoms with E-state index < -0.39 is 11.2 Å². The number of nitrogens with one attached hydrogen (secondary N) is 2. The number of carbonyl (C=O) groups excluding carboxylic acids is 2. The first-order valence-electron chi connectivity index (χ1n) is 18.3. The maximum absolute atomic E-state index is 13.0. The second-order valence-electron chi connectivity index (χ2n) is 16.2. The first-order chi connectivity index (χ1) is 24.6. The molecule has 2 fully saturated rings. The molecule has 11 nitrogen and oxygen atoms in total. The molecule has 0 saturated carbocycles. The Kier molecular flexibility index (Phi) is 9.09. The highest BCUT2D eigenvalue weighted by Crippen LogP contribution is 2.38. The van der Waals surface area contributed by atoms with Gasteiger partial charge in [-0.15, -0.1) is 0 Å². The third kappa shape index (κ3) is 7.26. The number of likely N-dealkylation sites (tertiary alicyclic amines) is 2. The predicted molar refractivity (Wildman–Crippen MR) is 201 cm³/mol. The van der Waals surface area contributed by atoms with E-state index in [4.69, 9.17) is 24.4 Å². The van der Waals surface area contributed by atoms with Gasteiger partial charge in [-0.2, -0.15) is 0 Å². The first kappa shape index (κ1) is 35.2. The number of nitrogens with zero attached hydrogens (tertiary/aromatic N) is 5. The Morgan fingerprint density at radius 1 is 0.615 bits per heavy atom. The van der Waals surface area contributed by atoms with Crippen LogP contribution in [0.1, 0.15) is 105 Å². The quantitative estimate of drug-likeness (QED) is 0.186. The Labute approximate surface area is 305 Å². The Balaban J connectivity index is 1.05. The van der Waals surface area contributed by atoms with Gasteiger partial charge in [-0.05, 0) is 110 Å². The molecule has 11 heteroatoms. The molecular weight excluding hydrogens is 654 g/mol. The predicted octanol–water partition coefficient (Wildman–Crippen LogP) is 9.60. The average molecular weight is 704 g/mol. The van der Waals surface area contributed by atoms with Crippen LogP contribution in [0.3, 0.4) is 0 Å². The van der Waals surface area contributed by atoms with Gasteiger partial charge in [0.1, 0.15) is 28.5 Å². The molecule has 2 unspecified atom stereocenters. The number of aromatic amines is 2. The monoisotopic (exact) mass is 703 g/mol. The summed E-state index contributed by atoms with van der Waals surface area (Å²) >= 11 is 0. The molecule has 0 bridgehead atoms. The summed E-state index contributed by atoms with van der Waals surface area (Å²) in [6, 6.07) is 18.5. The maximum Gasteiger partial charge on any atom is 0.411 e. The van der Waals surface area contributed by atoms with Crippen molar-refractivity contribution in [2.75, 3.05) is 0 Å². The van der Waals surface area contributed by atoms with Gasteiger partial charge in [0.05, 0.1) is 29.0 Å². The van der Waals surface area contributed by atoms with Crippen LogP contribution >= 0.6 is 0 Å². The van der Waals surface area contributed by atoms with E-state index >= 15 is 0 Å². The number of rotatable bonds is 5. The average Bonchev–Trinajstić information content (AvgIpc) is 3.89. The largest absolute Gasteiger partial charge is 0.444 e. The van der Waals surface area contributed by atoms with Crippen LogP contribution in [0, 0.1) is 0 Å². The van der Waals surface area contributed by atoms with E-state index in [1.165, 1.54) is 0 Å². The van der Waals surface area contributed by atoms with Crippen LogP contribution in [-0.2, 0) is 9.47 Å². The second-order valence-corrected chi connectivity index (χ2v) is 16.2. The van der Waals surface area contributed by atoms with Crippen LogP contribution in [0.25, 0.3) is 44.7 Å². The van der Waals surface area contributed by atoms with Gasteiger partial charge in [-0.25, -0.2) is 24.5 Å². The summed E-state index contributed by atoms with van der Waals surface area (Å²) in [5.41, 5.74) is 5.26. The third-order valence-corrected chi connectivity index (χ3v) is 9.84. The Hall–Kier alpha value is -5.19. The fraction of sp³-hybridized carbons (Fsp3) is 0.439. The number of benzene rings is 2. The number of hydrogen-bond donors (Lipinski definition) is 2. The summed E-state index contributed by atoms with van der Waals surface area (Å²) in [5, 5.41) is 1.03. The van der Waals surface area contributed by atoms with Gasteiger partial charge in [-0.3, -0.25) is 9.80 Å². The van der Waals surface area contributed by atoms with E-state index in [-0.39, 0.29) is 36.4 Å². The van der Waals surface area contributed by atoms with E-state index in [0.717, 1.165) is 82.0 Å². The molecule has 0 aliphatic carbocycles. The summed E-state index contributed by atoms with van der Waals surface area (Å²) in [7, 11) is 0. The van der Waals surface area contributed by atoms with Gasteiger partial charge in [-0.1, -0.05) is 36.4 Å². The molecule has 7 rings (SSSR count). The number of ether oxygens (including phenoxy) is 2. The first-order valence-corrected chi connectivity index (χ1v) is 18.3. The van der Waals surface area contributed by atoms with Crippen molar-refractivity contribution in [3.05, 3.63) is 78.6 Å². The van der Waals surface area contributed by atoms with E-state index in [2.05, 4.69) is 66.3 Å². The van der Waals surface area contributed by atoms with Crippen molar-refractivity contribution >= 4 is 23.1 Å². The maximum atomic E-state index is 13.0. The number of H-pyrrole nitrogens is 2. The lowest BCUT2D eigenvalue weighted by molar-refractivity contribution is 0.0141. The minimum absolute atomic E-state index is 0.0695. The van der Waals surface area contributed by atoms with Gasteiger partial charge in [0, 0.05) is 35.4 Å².